The number of likely N-dealkylation sites (N-methyl/N-ethyl adjacent to an activating group) is 1. The fraction of sp³-hybridized carbons (Fsp3) is 0.308. The number of aryl methyl sites for hydroxylation is 2. The molecule has 0 fully saturated rings. The zero-order chi connectivity index (χ0) is 24.6. The van der Waals surface area contributed by atoms with Gasteiger partial charge in [0.2, 0.25) is 0 Å². The van der Waals surface area contributed by atoms with Gasteiger partial charge in [0.15, 0.2) is 11.5 Å². The molecule has 0 aliphatic carbocycles. The molecule has 3 N–H and O–H groups in total. The van der Waals surface area contributed by atoms with E-state index in [1.54, 1.807) is 0 Å². The van der Waals surface area contributed by atoms with Crippen LogP contribution in [0, 0.1) is 13.8 Å². The highest BCUT2D eigenvalue weighted by molar-refractivity contribution is 6.21. The Bertz CT molecular complexity index is 1420. The number of phenols is 2. The Labute approximate surface area is 195 Å². The molecule has 0 bridgehead atoms. The molecule has 0 saturated heterocycles. The zero-order valence-electron chi connectivity index (χ0n) is 19.3. The molecule has 0 aliphatic heterocycles. The van der Waals surface area contributed by atoms with Gasteiger partial charge in [-0.15, -0.1) is 0 Å². The summed E-state index contributed by atoms with van der Waals surface area (Å²) < 4.78 is 11.3. The van der Waals surface area contributed by atoms with Gasteiger partial charge in [-0.3, -0.25) is 14.5 Å². The Morgan fingerprint density at radius 1 is 0.971 bits per heavy atom. The van der Waals surface area contributed by atoms with Crippen LogP contribution in [-0.4, -0.2) is 52.4 Å². The van der Waals surface area contributed by atoms with Crippen molar-refractivity contribution in [1.82, 2.24) is 4.90 Å². The second-order valence-corrected chi connectivity index (χ2v) is 8.56. The van der Waals surface area contributed by atoms with Gasteiger partial charge in [0, 0.05) is 22.9 Å². The average molecular weight is 466 g/mol. The van der Waals surface area contributed by atoms with Gasteiger partial charge in [0.05, 0.1) is 24.8 Å². The van der Waals surface area contributed by atoms with Crippen molar-refractivity contribution in [1.29, 1.82) is 0 Å². The molecule has 0 atom stereocenters. The van der Waals surface area contributed by atoms with E-state index < -0.39 is 11.9 Å². The lowest BCUT2D eigenvalue weighted by Gasteiger charge is -2.15. The van der Waals surface area contributed by atoms with Gasteiger partial charge in [-0.1, -0.05) is 24.3 Å². The monoisotopic (exact) mass is 465 g/mol. The number of aromatic hydroxyl groups is 2. The maximum Gasteiger partial charge on any atom is 0.306 e. The van der Waals surface area contributed by atoms with Crippen LogP contribution in [0.3, 0.4) is 0 Å². The number of carboxylic acid groups (broad SMARTS) is 1. The number of carbonyl (C=O) groups excluding carboxylic acids is 1. The topological polar surface area (TPSA) is 120 Å². The summed E-state index contributed by atoms with van der Waals surface area (Å²) in [6, 6.07) is 9.72. The lowest BCUT2D eigenvalue weighted by Crippen LogP contribution is -2.24. The molecule has 0 spiro atoms. The summed E-state index contributed by atoms with van der Waals surface area (Å²) in [6.45, 7) is 4.75. The van der Waals surface area contributed by atoms with Crippen LogP contribution >= 0.6 is 0 Å². The predicted molar refractivity (Wildman–Crippen MR) is 128 cm³/mol. The quantitative estimate of drug-likeness (QED) is 0.196. The normalized spacial score (nSPS) is 11.6. The molecule has 0 aliphatic rings. The van der Waals surface area contributed by atoms with Gasteiger partial charge >= 0.3 is 11.9 Å². The third-order valence-corrected chi connectivity index (χ3v) is 6.16. The molecule has 1 aromatic heterocycles. The van der Waals surface area contributed by atoms with Crippen molar-refractivity contribution in [2.45, 2.75) is 33.2 Å². The van der Waals surface area contributed by atoms with Crippen molar-refractivity contribution in [3.63, 3.8) is 0 Å². The summed E-state index contributed by atoms with van der Waals surface area (Å²) in [5, 5.41) is 34.0. The molecule has 0 radical (unpaired) electrons. The van der Waals surface area contributed by atoms with E-state index in [0.717, 1.165) is 21.9 Å². The van der Waals surface area contributed by atoms with Crippen molar-refractivity contribution in [3.05, 3.63) is 47.2 Å². The lowest BCUT2D eigenvalue weighted by atomic mass is 9.96. The summed E-state index contributed by atoms with van der Waals surface area (Å²) >= 11 is 0. The fourth-order valence-corrected chi connectivity index (χ4v) is 4.30. The summed E-state index contributed by atoms with van der Waals surface area (Å²) in [5.41, 5.74) is 2.30. The van der Waals surface area contributed by atoms with E-state index in [4.69, 9.17) is 14.3 Å². The van der Waals surface area contributed by atoms with E-state index in [9.17, 15) is 19.8 Å². The number of furan rings is 1. The Kier molecular flexibility index (Phi) is 6.34. The number of carbonyl (C=O) groups is 2. The van der Waals surface area contributed by atoms with E-state index in [2.05, 4.69) is 0 Å². The SMILES string of the molecule is Cc1cccc2c1ccc1c3oc(CN(C)CCOC(=O)CCC(=O)O)c(C)c3c(O)c(O)c21. The number of rotatable bonds is 8. The van der Waals surface area contributed by atoms with Gasteiger partial charge in [-0.2, -0.15) is 0 Å². The number of phenolic OH excluding ortho intramolecular Hbond substituents is 2. The van der Waals surface area contributed by atoms with E-state index in [1.165, 1.54) is 0 Å². The van der Waals surface area contributed by atoms with Gasteiger partial charge in [-0.05, 0) is 43.3 Å². The minimum atomic E-state index is -1.04. The lowest BCUT2D eigenvalue weighted by molar-refractivity contribution is -0.148. The van der Waals surface area contributed by atoms with Crippen molar-refractivity contribution in [2.75, 3.05) is 20.2 Å². The highest BCUT2D eigenvalue weighted by Crippen LogP contribution is 2.47. The Morgan fingerprint density at radius 3 is 2.41 bits per heavy atom. The van der Waals surface area contributed by atoms with Crippen LogP contribution in [-0.2, 0) is 20.9 Å². The molecule has 0 amide bonds. The highest BCUT2D eigenvalue weighted by atomic mass is 16.5. The van der Waals surface area contributed by atoms with Gasteiger partial charge in [0.1, 0.15) is 18.0 Å². The van der Waals surface area contributed by atoms with Crippen molar-refractivity contribution >= 4 is 44.5 Å². The van der Waals surface area contributed by atoms with E-state index >= 15 is 0 Å². The standard InChI is InChI=1S/C26H27NO7/c1-14-5-4-6-17-16(14)7-8-18-23(17)25(32)24(31)22-15(2)19(34-26(18)22)13-27(3)11-12-33-21(30)10-9-20(28)29/h4-8,31-32H,9-13H2,1-3H3,(H,28,29). The second kappa shape index (κ2) is 9.23. The first-order chi connectivity index (χ1) is 16.2. The molecular formula is C26H27NO7. The van der Waals surface area contributed by atoms with E-state index in [1.807, 2.05) is 56.1 Å². The summed E-state index contributed by atoms with van der Waals surface area (Å²) in [6.07, 6.45) is -0.419. The first kappa shape index (κ1) is 23.4. The number of ether oxygens (including phenoxy) is 1. The summed E-state index contributed by atoms with van der Waals surface area (Å²) in [7, 11) is 1.84. The molecular weight excluding hydrogens is 438 g/mol. The largest absolute Gasteiger partial charge is 0.504 e. The number of nitrogens with zero attached hydrogens (tertiary/aromatic N) is 1. The van der Waals surface area contributed by atoms with Crippen molar-refractivity contribution in [3.8, 4) is 11.5 Å². The third kappa shape index (κ3) is 4.24. The van der Waals surface area contributed by atoms with Crippen LogP contribution in [0.25, 0.3) is 32.5 Å². The number of fused-ring (bicyclic) bond motifs is 5. The molecule has 1 heterocycles. The van der Waals surface area contributed by atoms with Crippen molar-refractivity contribution < 1.29 is 34.1 Å². The van der Waals surface area contributed by atoms with Crippen LogP contribution in [0.4, 0.5) is 0 Å². The smallest absolute Gasteiger partial charge is 0.306 e. The fourth-order valence-electron chi connectivity index (χ4n) is 4.30. The Hall–Kier alpha value is -3.78. The maximum absolute atomic E-state index is 11.6. The Morgan fingerprint density at radius 2 is 1.68 bits per heavy atom. The van der Waals surface area contributed by atoms with Crippen LogP contribution < -0.4 is 0 Å². The van der Waals surface area contributed by atoms with Gasteiger partial charge in [0.25, 0.3) is 0 Å². The molecule has 34 heavy (non-hydrogen) atoms. The number of aliphatic carboxylic acids is 1. The minimum absolute atomic E-state index is 0.120. The number of hydrogen-bond acceptors (Lipinski definition) is 7. The molecule has 0 unspecified atom stereocenters. The summed E-state index contributed by atoms with van der Waals surface area (Å²) in [5.74, 6) is -1.35. The average Bonchev–Trinajstić information content (AvgIpc) is 3.11. The number of hydrogen-bond donors (Lipinski definition) is 3. The minimum Gasteiger partial charge on any atom is -0.504 e. The van der Waals surface area contributed by atoms with Crippen LogP contribution in [0.2, 0.25) is 0 Å². The zero-order valence-corrected chi connectivity index (χ0v) is 19.3. The third-order valence-electron chi connectivity index (χ3n) is 6.16. The van der Waals surface area contributed by atoms with Crippen LogP contribution in [0.5, 0.6) is 11.5 Å². The first-order valence-corrected chi connectivity index (χ1v) is 11.0. The predicted octanol–water partition coefficient (Wildman–Crippen LogP) is 4.61. The number of esters is 1. The van der Waals surface area contributed by atoms with Crippen LogP contribution in [0.1, 0.15) is 29.7 Å². The number of carboxylic acids is 1. The van der Waals surface area contributed by atoms with Gasteiger partial charge in [-0.25, -0.2) is 0 Å². The second-order valence-electron chi connectivity index (χ2n) is 8.56. The molecule has 4 rings (SSSR count). The molecule has 0 saturated carbocycles. The molecule has 178 valence electrons. The van der Waals surface area contributed by atoms with Crippen LogP contribution in [0.15, 0.2) is 34.7 Å². The molecule has 8 heteroatoms. The molecule has 8 nitrogen and oxygen atoms in total. The molecule has 4 aromatic rings. The first-order valence-electron chi connectivity index (χ1n) is 11.0. The highest BCUT2D eigenvalue weighted by Gasteiger charge is 2.23. The Balaban J connectivity index is 1.62. The summed E-state index contributed by atoms with van der Waals surface area (Å²) in [4.78, 5) is 24.0. The number of benzene rings is 3. The van der Waals surface area contributed by atoms with E-state index in [-0.39, 0.29) is 30.9 Å². The van der Waals surface area contributed by atoms with Crippen molar-refractivity contribution in [2.24, 2.45) is 0 Å². The maximum atomic E-state index is 11.6. The van der Waals surface area contributed by atoms with Gasteiger partial charge < -0.3 is 24.5 Å². The molecule has 3 aromatic carbocycles. The van der Waals surface area contributed by atoms with E-state index in [0.29, 0.717) is 40.6 Å².